The summed E-state index contributed by atoms with van der Waals surface area (Å²) in [6.07, 6.45) is 3.86. The Morgan fingerprint density at radius 2 is 1.84 bits per heavy atom. The highest BCUT2D eigenvalue weighted by Crippen LogP contribution is 2.42. The molecule has 2 saturated heterocycles. The molecule has 0 bridgehead atoms. The largest absolute Gasteiger partial charge is 0.356 e. The molecule has 2 heterocycles. The number of halogens is 4. The van der Waals surface area contributed by atoms with Crippen LogP contribution in [0, 0.1) is 23.7 Å². The summed E-state index contributed by atoms with van der Waals surface area (Å²) in [5.74, 6) is -5.24. The summed E-state index contributed by atoms with van der Waals surface area (Å²) in [5.41, 5.74) is -2.36. The molecule has 3 aliphatic rings. The van der Waals surface area contributed by atoms with Crippen LogP contribution in [0.15, 0.2) is 0 Å². The van der Waals surface area contributed by atoms with Crippen molar-refractivity contribution in [3.05, 3.63) is 0 Å². The minimum atomic E-state index is -2.45. The topological polar surface area (TPSA) is 128 Å². The number of piperidine rings is 1. The van der Waals surface area contributed by atoms with Crippen molar-refractivity contribution < 1.29 is 32.8 Å². The van der Waals surface area contributed by atoms with Crippen LogP contribution in [0.2, 0.25) is 0 Å². The lowest BCUT2D eigenvalue weighted by Gasteiger charge is -2.35. The van der Waals surface area contributed by atoms with Crippen molar-refractivity contribution in [2.45, 2.75) is 75.7 Å². The van der Waals surface area contributed by atoms with E-state index in [2.05, 4.69) is 16.1 Å². The number of fused-ring (bicyclic) bond motifs is 1. The maximum absolute atomic E-state index is 13.8. The molecule has 0 aromatic heterocycles. The molecule has 3 fully saturated rings. The van der Waals surface area contributed by atoms with Crippen molar-refractivity contribution in [3.8, 4) is 0 Å². The first-order chi connectivity index (χ1) is 18.0. The summed E-state index contributed by atoms with van der Waals surface area (Å²) < 4.78 is 27.3. The first-order valence-electron chi connectivity index (χ1n) is 13.0. The van der Waals surface area contributed by atoms with Gasteiger partial charge in [-0.25, -0.2) is 13.8 Å². The smallest absolute Gasteiger partial charge is 0.291 e. The summed E-state index contributed by atoms with van der Waals surface area (Å²) in [7, 11) is 0. The van der Waals surface area contributed by atoms with E-state index in [1.54, 1.807) is 13.8 Å². The van der Waals surface area contributed by atoms with Crippen LogP contribution in [0.4, 0.5) is 8.78 Å². The highest BCUT2D eigenvalue weighted by atomic mass is 35.5. The Morgan fingerprint density at radius 1 is 1.13 bits per heavy atom. The first kappa shape index (κ1) is 30.3. The Kier molecular flexibility index (Phi) is 10.6. The minimum absolute atomic E-state index is 0.0140. The molecular weight excluding hydrogens is 547 g/mol. The molecule has 8 atom stereocenters. The molecule has 14 heteroatoms. The molecular formula is C24H35Cl2F2N5O5. The second-order valence-electron chi connectivity index (χ2n) is 10.3. The number of amides is 5. The fourth-order valence-corrected chi connectivity index (χ4v) is 5.86. The Morgan fingerprint density at radius 3 is 2.45 bits per heavy atom. The molecule has 0 aromatic carbocycles. The SMILES string of the molecule is CC[C@H](C)[C@H](NC(=O)C(F)Cl)C(=O)N1C[C@@H]2CCC[C@@H]2[C@H]1C(=O)NN(C[C@H]1CCCNC1=O)C(=O)[C@H](F)Cl. The molecule has 1 unspecified atom stereocenters. The number of hydrogen-bond acceptors (Lipinski definition) is 5. The Hall–Kier alpha value is -2.21. The molecule has 2 aliphatic heterocycles. The van der Waals surface area contributed by atoms with Gasteiger partial charge in [0.1, 0.15) is 12.1 Å². The van der Waals surface area contributed by atoms with Gasteiger partial charge in [-0.2, -0.15) is 0 Å². The summed E-state index contributed by atoms with van der Waals surface area (Å²) >= 11 is 10.7. The zero-order valence-corrected chi connectivity index (χ0v) is 22.9. The van der Waals surface area contributed by atoms with E-state index in [-0.39, 0.29) is 30.8 Å². The quantitative estimate of drug-likeness (QED) is 0.281. The molecule has 1 aliphatic carbocycles. The number of hydrogen-bond donors (Lipinski definition) is 3. The van der Waals surface area contributed by atoms with Gasteiger partial charge >= 0.3 is 0 Å². The van der Waals surface area contributed by atoms with Gasteiger partial charge in [-0.05, 0) is 43.4 Å². The van der Waals surface area contributed by atoms with E-state index in [0.29, 0.717) is 32.2 Å². The second kappa shape index (κ2) is 13.2. The summed E-state index contributed by atoms with van der Waals surface area (Å²) in [6, 6.07) is -2.14. The third-order valence-corrected chi connectivity index (χ3v) is 8.30. The van der Waals surface area contributed by atoms with Crippen LogP contribution in [0.5, 0.6) is 0 Å². The van der Waals surface area contributed by atoms with Crippen molar-refractivity contribution in [1.29, 1.82) is 0 Å². The van der Waals surface area contributed by atoms with E-state index in [9.17, 15) is 32.8 Å². The van der Waals surface area contributed by atoms with Gasteiger partial charge in [0.25, 0.3) is 29.0 Å². The van der Waals surface area contributed by atoms with Crippen molar-refractivity contribution in [2.24, 2.45) is 23.7 Å². The van der Waals surface area contributed by atoms with Crippen molar-refractivity contribution in [3.63, 3.8) is 0 Å². The lowest BCUT2D eigenvalue weighted by atomic mass is 9.93. The maximum Gasteiger partial charge on any atom is 0.291 e. The number of nitrogens with zero attached hydrogens (tertiary/aromatic N) is 2. The van der Waals surface area contributed by atoms with Crippen LogP contribution in [-0.2, 0) is 24.0 Å². The van der Waals surface area contributed by atoms with E-state index in [0.717, 1.165) is 17.9 Å². The van der Waals surface area contributed by atoms with E-state index in [1.807, 2.05) is 0 Å². The Labute approximate surface area is 230 Å². The lowest BCUT2D eigenvalue weighted by molar-refractivity contribution is -0.150. The molecule has 0 aromatic rings. The molecule has 3 N–H and O–H groups in total. The fraction of sp³-hybridized carbons (Fsp3) is 0.792. The normalized spacial score (nSPS) is 27.9. The molecule has 0 radical (unpaired) electrons. The summed E-state index contributed by atoms with van der Waals surface area (Å²) in [6.45, 7) is 3.97. The average molecular weight is 582 g/mol. The Balaban J connectivity index is 1.85. The second-order valence-corrected chi connectivity index (χ2v) is 11.1. The van der Waals surface area contributed by atoms with E-state index >= 15 is 0 Å². The molecule has 1 saturated carbocycles. The number of nitrogens with one attached hydrogen (secondary N) is 3. The zero-order valence-electron chi connectivity index (χ0n) is 21.4. The monoisotopic (exact) mass is 581 g/mol. The minimum Gasteiger partial charge on any atom is -0.356 e. The zero-order chi connectivity index (χ0) is 28.1. The number of likely N-dealkylation sites (tertiary alicyclic amines) is 1. The molecule has 38 heavy (non-hydrogen) atoms. The fourth-order valence-electron chi connectivity index (χ4n) is 5.68. The van der Waals surface area contributed by atoms with Gasteiger partial charge in [0.05, 0.1) is 12.5 Å². The summed E-state index contributed by atoms with van der Waals surface area (Å²) in [5, 5.41) is 5.75. The van der Waals surface area contributed by atoms with Crippen LogP contribution in [0.1, 0.15) is 52.4 Å². The van der Waals surface area contributed by atoms with Crippen LogP contribution in [0.3, 0.4) is 0 Å². The van der Waals surface area contributed by atoms with Gasteiger partial charge in [0, 0.05) is 13.1 Å². The van der Waals surface area contributed by atoms with Gasteiger partial charge in [-0.15, -0.1) is 0 Å². The standard InChI is InChI=1S/C24H35Cl2F2N5O5/c1-3-12(2)16(30-22(36)18(25)27)23(37)32-10-13-6-4-8-15(13)17(32)21(35)31-33(24(38)19(26)28)11-14-7-5-9-29-20(14)34/h12-19H,3-11H2,1-2H3,(H,29,34)(H,30,36)(H,31,35)/t12-,13-,14+,15-,16-,17-,18?,19-/m0/s1. The first-order valence-corrected chi connectivity index (χ1v) is 13.9. The number of alkyl halides is 4. The van der Waals surface area contributed by atoms with Crippen molar-refractivity contribution in [1.82, 2.24) is 26.0 Å². The van der Waals surface area contributed by atoms with Crippen molar-refractivity contribution in [2.75, 3.05) is 19.6 Å². The molecule has 3 rings (SSSR count). The molecule has 0 spiro atoms. The highest BCUT2D eigenvalue weighted by molar-refractivity contribution is 6.30. The maximum atomic E-state index is 13.8. The van der Waals surface area contributed by atoms with E-state index < -0.39 is 58.8 Å². The van der Waals surface area contributed by atoms with Crippen LogP contribution in [-0.4, -0.2) is 82.4 Å². The number of hydrazine groups is 1. The average Bonchev–Trinajstić information content (AvgIpc) is 3.48. The number of carbonyl (C=O) groups excluding carboxylic acids is 5. The van der Waals surface area contributed by atoms with Crippen LogP contribution in [0.25, 0.3) is 0 Å². The van der Waals surface area contributed by atoms with Crippen LogP contribution < -0.4 is 16.1 Å². The third kappa shape index (κ3) is 6.86. The number of rotatable bonds is 9. The predicted octanol–water partition coefficient (Wildman–Crippen LogP) is 1.60. The molecule has 5 amide bonds. The Bertz CT molecular complexity index is 927. The van der Waals surface area contributed by atoms with Gasteiger partial charge < -0.3 is 15.5 Å². The third-order valence-electron chi connectivity index (χ3n) is 7.92. The molecule has 214 valence electrons. The number of carbonyl (C=O) groups is 5. The van der Waals surface area contributed by atoms with Gasteiger partial charge in [-0.1, -0.05) is 49.9 Å². The van der Waals surface area contributed by atoms with E-state index in [4.69, 9.17) is 23.2 Å². The predicted molar refractivity (Wildman–Crippen MR) is 135 cm³/mol. The highest BCUT2D eigenvalue weighted by Gasteiger charge is 2.51. The van der Waals surface area contributed by atoms with Gasteiger partial charge in [0.15, 0.2) is 0 Å². The van der Waals surface area contributed by atoms with Crippen molar-refractivity contribution >= 4 is 52.7 Å². The van der Waals surface area contributed by atoms with Crippen LogP contribution >= 0.6 is 23.2 Å². The van der Waals surface area contributed by atoms with Gasteiger partial charge in [0.2, 0.25) is 11.8 Å². The lowest BCUT2D eigenvalue weighted by Crippen LogP contribution is -2.60. The van der Waals surface area contributed by atoms with Gasteiger partial charge in [-0.3, -0.25) is 29.4 Å². The van der Waals surface area contributed by atoms with E-state index in [1.165, 1.54) is 4.90 Å². The summed E-state index contributed by atoms with van der Waals surface area (Å²) in [4.78, 5) is 65.5. The molecule has 10 nitrogen and oxygen atoms in total.